The predicted octanol–water partition coefficient (Wildman–Crippen LogP) is -4.22. The number of methoxy groups -OCH3 is 1. The molecule has 1 rings (SSSR count). The third-order valence-corrected chi connectivity index (χ3v) is 3.54. The van der Waals surface area contributed by atoms with Gasteiger partial charge < -0.3 is 29.1 Å². The number of hydrogen-bond acceptors (Lipinski definition) is 8. The molecular formula is C14H23N2NaO7S. The molecule has 2 unspecified atom stereocenters. The number of aliphatic hydroxyl groups excluding tert-OH is 2. The molecular weight excluding hydrogens is 363 g/mol. The third-order valence-electron chi connectivity index (χ3n) is 3.02. The zero-order chi connectivity index (χ0) is 18.2. The molecule has 0 fully saturated rings. The van der Waals surface area contributed by atoms with Gasteiger partial charge in [0.25, 0.3) is 0 Å². The Balaban J connectivity index is 0.00000576. The Bertz CT molecular complexity index is 603. The number of hydrogen-bond donors (Lipinski definition) is 3. The first kappa shape index (κ1) is 24.6. The van der Waals surface area contributed by atoms with E-state index in [-0.39, 0.29) is 55.8 Å². The molecule has 0 aliphatic heterocycles. The summed E-state index contributed by atoms with van der Waals surface area (Å²) in [4.78, 5) is 1.60. The average molecular weight is 386 g/mol. The molecule has 0 bridgehead atoms. The first-order chi connectivity index (χ1) is 11.2. The van der Waals surface area contributed by atoms with Crippen LogP contribution in [0.5, 0.6) is 11.5 Å². The van der Waals surface area contributed by atoms with E-state index in [0.717, 1.165) is 0 Å². The maximum absolute atomic E-state index is 10.4. The van der Waals surface area contributed by atoms with E-state index in [9.17, 15) is 23.2 Å². The Kier molecular flexibility index (Phi) is 11.8. The van der Waals surface area contributed by atoms with Gasteiger partial charge >= 0.3 is 29.6 Å². The molecule has 0 spiro atoms. The smallest absolute Gasteiger partial charge is 0.735 e. The molecule has 0 aliphatic rings. The van der Waals surface area contributed by atoms with Crippen LogP contribution in [0, 0.1) is 0 Å². The Labute approximate surface area is 170 Å². The minimum absolute atomic E-state index is 0. The van der Waals surface area contributed by atoms with E-state index >= 15 is 0 Å². The fraction of sp³-hybridized carbons (Fsp3) is 0.571. The quantitative estimate of drug-likeness (QED) is 0.258. The van der Waals surface area contributed by atoms with E-state index in [1.54, 1.807) is 48.0 Å². The van der Waals surface area contributed by atoms with E-state index < -0.39 is 22.5 Å². The summed E-state index contributed by atoms with van der Waals surface area (Å²) in [5.74, 6) is 1.20. The molecule has 1 aromatic rings. The monoisotopic (exact) mass is 386 g/mol. The fourth-order valence-electron chi connectivity index (χ4n) is 1.99. The second-order valence-corrected chi connectivity index (χ2v) is 6.52. The summed E-state index contributed by atoms with van der Waals surface area (Å²) in [6, 6.07) is 6.96. The van der Waals surface area contributed by atoms with Crippen molar-refractivity contribution in [1.82, 2.24) is 9.62 Å². The van der Waals surface area contributed by atoms with Crippen LogP contribution >= 0.6 is 0 Å². The van der Waals surface area contributed by atoms with Gasteiger partial charge in [-0.2, -0.15) is 0 Å². The van der Waals surface area contributed by atoms with Gasteiger partial charge in [-0.1, -0.05) is 6.07 Å². The van der Waals surface area contributed by atoms with Crippen LogP contribution in [-0.4, -0.2) is 80.7 Å². The molecule has 0 saturated carbocycles. The predicted molar refractivity (Wildman–Crippen MR) is 85.7 cm³/mol. The largest absolute Gasteiger partial charge is 1.00 e. The van der Waals surface area contributed by atoms with Crippen LogP contribution in [0.25, 0.3) is 0 Å². The van der Waals surface area contributed by atoms with Crippen molar-refractivity contribution < 1.29 is 62.2 Å². The fourth-order valence-corrected chi connectivity index (χ4v) is 2.39. The van der Waals surface area contributed by atoms with Crippen LogP contribution in [0.4, 0.5) is 0 Å². The maximum Gasteiger partial charge on any atom is 1.00 e. The van der Waals surface area contributed by atoms with Gasteiger partial charge in [0.05, 0.1) is 13.2 Å². The van der Waals surface area contributed by atoms with Gasteiger partial charge in [0.15, 0.2) is 10.3 Å². The van der Waals surface area contributed by atoms with Crippen molar-refractivity contribution >= 4 is 10.3 Å². The van der Waals surface area contributed by atoms with Crippen molar-refractivity contribution in [2.75, 3.05) is 40.4 Å². The van der Waals surface area contributed by atoms with E-state index in [0.29, 0.717) is 11.5 Å². The van der Waals surface area contributed by atoms with Crippen molar-refractivity contribution in [3.63, 3.8) is 0 Å². The van der Waals surface area contributed by atoms with Gasteiger partial charge in [-0.3, -0.25) is 0 Å². The standard InChI is InChI=1S/C14H24N2O7S.Na/c1-16(8-11(17)7-15-24(19,20)21)9-12(18)10-23-14-5-3-4-13(6-14)22-2;/h3-6,11-12,15,17-18H,7-10H2,1-2H3,(H,19,20,21);/q;+1/p-1. The van der Waals surface area contributed by atoms with Gasteiger partial charge in [0.2, 0.25) is 0 Å². The van der Waals surface area contributed by atoms with Crippen LogP contribution in [0.2, 0.25) is 0 Å². The van der Waals surface area contributed by atoms with E-state index in [2.05, 4.69) is 0 Å². The molecule has 0 aromatic heterocycles. The number of nitrogens with one attached hydrogen (secondary N) is 1. The molecule has 0 aliphatic carbocycles. The summed E-state index contributed by atoms with van der Waals surface area (Å²) < 4.78 is 43.4. The molecule has 9 nitrogen and oxygen atoms in total. The number of ether oxygens (including phenoxy) is 2. The summed E-state index contributed by atoms with van der Waals surface area (Å²) in [6.45, 7) is -0.0583. The number of rotatable bonds is 11. The molecule has 2 atom stereocenters. The van der Waals surface area contributed by atoms with Crippen LogP contribution in [0.1, 0.15) is 0 Å². The van der Waals surface area contributed by atoms with Crippen molar-refractivity contribution in [1.29, 1.82) is 0 Å². The minimum atomic E-state index is -4.58. The topological polar surface area (TPSA) is 131 Å². The molecule has 138 valence electrons. The summed E-state index contributed by atoms with van der Waals surface area (Å²) in [6.07, 6.45) is -1.88. The zero-order valence-electron chi connectivity index (χ0n) is 14.6. The first-order valence-corrected chi connectivity index (χ1v) is 8.62. The van der Waals surface area contributed by atoms with Crippen LogP contribution < -0.4 is 43.8 Å². The second kappa shape index (κ2) is 12.0. The maximum atomic E-state index is 10.4. The van der Waals surface area contributed by atoms with Crippen LogP contribution in [0.3, 0.4) is 0 Å². The average Bonchev–Trinajstić information content (AvgIpc) is 2.50. The van der Waals surface area contributed by atoms with E-state index in [4.69, 9.17) is 9.47 Å². The Morgan fingerprint density at radius 3 is 2.44 bits per heavy atom. The number of likely N-dealkylation sites (N-methyl/N-ethyl adjacent to an activating group) is 1. The number of benzene rings is 1. The molecule has 0 amide bonds. The summed E-state index contributed by atoms with van der Waals surface area (Å²) >= 11 is 0. The van der Waals surface area contributed by atoms with Gasteiger partial charge in [0, 0.05) is 25.7 Å². The third kappa shape index (κ3) is 11.7. The number of aliphatic hydroxyl groups is 2. The van der Waals surface area contributed by atoms with Gasteiger partial charge in [-0.05, 0) is 19.2 Å². The Morgan fingerprint density at radius 1 is 1.24 bits per heavy atom. The second-order valence-electron chi connectivity index (χ2n) is 5.32. The van der Waals surface area contributed by atoms with Crippen LogP contribution in [-0.2, 0) is 10.3 Å². The Hall–Kier alpha value is -0.430. The first-order valence-electron chi connectivity index (χ1n) is 7.21. The van der Waals surface area contributed by atoms with E-state index in [1.807, 2.05) is 0 Å². The number of nitrogens with zero attached hydrogens (tertiary/aromatic N) is 1. The van der Waals surface area contributed by atoms with Crippen LogP contribution in [0.15, 0.2) is 24.3 Å². The van der Waals surface area contributed by atoms with E-state index in [1.165, 1.54) is 0 Å². The zero-order valence-corrected chi connectivity index (χ0v) is 17.4. The molecule has 0 saturated heterocycles. The molecule has 0 radical (unpaired) electrons. The molecule has 11 heteroatoms. The molecule has 1 aromatic carbocycles. The normalized spacial score (nSPS) is 13.8. The van der Waals surface area contributed by atoms with Crippen molar-refractivity contribution in [3.05, 3.63) is 24.3 Å². The Morgan fingerprint density at radius 2 is 1.84 bits per heavy atom. The minimum Gasteiger partial charge on any atom is -0.735 e. The van der Waals surface area contributed by atoms with Crippen molar-refractivity contribution in [2.45, 2.75) is 12.2 Å². The summed E-state index contributed by atoms with van der Waals surface area (Å²) in [7, 11) is -1.40. The van der Waals surface area contributed by atoms with Gasteiger partial charge in [0.1, 0.15) is 24.2 Å². The van der Waals surface area contributed by atoms with Crippen molar-refractivity contribution in [3.8, 4) is 11.5 Å². The SMILES string of the molecule is COc1cccc(OCC(O)CN(C)CC(O)CNS(=O)(=O)[O-])c1.[Na+]. The molecule has 0 heterocycles. The summed E-state index contributed by atoms with van der Waals surface area (Å²) in [5, 5.41) is 19.6. The summed E-state index contributed by atoms with van der Waals surface area (Å²) in [5.41, 5.74) is 0. The van der Waals surface area contributed by atoms with Gasteiger partial charge in [-0.25, -0.2) is 13.1 Å². The van der Waals surface area contributed by atoms with Gasteiger partial charge in [-0.15, -0.1) is 0 Å². The van der Waals surface area contributed by atoms with Crippen molar-refractivity contribution in [2.24, 2.45) is 0 Å². The molecule has 3 N–H and O–H groups in total. The molecule has 25 heavy (non-hydrogen) atoms.